The lowest BCUT2D eigenvalue weighted by Gasteiger charge is -2.52. The molecule has 2 aliphatic heterocycles. The average molecular weight is 420 g/mol. The monoisotopic (exact) mass is 420 g/mol. The van der Waals surface area contributed by atoms with Gasteiger partial charge in [0.2, 0.25) is 0 Å². The highest BCUT2D eigenvalue weighted by molar-refractivity contribution is 5.99. The molecule has 2 saturated heterocycles. The normalized spacial score (nSPS) is 19.9. The van der Waals surface area contributed by atoms with Gasteiger partial charge in [0.25, 0.3) is 11.8 Å². The first-order chi connectivity index (χ1) is 15.0. The van der Waals surface area contributed by atoms with Gasteiger partial charge in [-0.1, -0.05) is 18.2 Å². The van der Waals surface area contributed by atoms with Crippen LogP contribution in [0.4, 0.5) is 0 Å². The molecule has 31 heavy (non-hydrogen) atoms. The van der Waals surface area contributed by atoms with Crippen LogP contribution in [-0.4, -0.2) is 58.5 Å². The highest BCUT2D eigenvalue weighted by Gasteiger charge is 2.49. The molecule has 0 saturated carbocycles. The molecule has 8 nitrogen and oxygen atoms in total. The van der Waals surface area contributed by atoms with Gasteiger partial charge in [0.05, 0.1) is 25.9 Å². The number of amides is 2. The molecule has 0 bridgehead atoms. The fourth-order valence-corrected chi connectivity index (χ4v) is 4.39. The van der Waals surface area contributed by atoms with Gasteiger partial charge in [-0.2, -0.15) is 0 Å². The van der Waals surface area contributed by atoms with Crippen molar-refractivity contribution in [2.24, 2.45) is 5.92 Å². The van der Waals surface area contributed by atoms with E-state index >= 15 is 0 Å². The molecule has 1 aromatic carbocycles. The molecule has 5 rings (SSSR count). The van der Waals surface area contributed by atoms with Crippen LogP contribution in [0.15, 0.2) is 47.3 Å². The molecule has 2 amide bonds. The quantitative estimate of drug-likeness (QED) is 0.697. The van der Waals surface area contributed by atoms with Crippen molar-refractivity contribution in [3.8, 4) is 0 Å². The number of fused-ring (bicyclic) bond motifs is 1. The summed E-state index contributed by atoms with van der Waals surface area (Å²) in [5, 5.41) is 3.87. The number of benzene rings is 1. The van der Waals surface area contributed by atoms with E-state index in [-0.39, 0.29) is 23.3 Å². The van der Waals surface area contributed by atoms with E-state index in [4.69, 9.17) is 9.15 Å². The Morgan fingerprint density at radius 2 is 2.10 bits per heavy atom. The molecule has 4 heterocycles. The number of para-hydroxylation sites is 1. The van der Waals surface area contributed by atoms with Crippen LogP contribution in [0.1, 0.15) is 39.4 Å². The Morgan fingerprint density at radius 3 is 2.81 bits per heavy atom. The molecule has 1 atom stereocenters. The number of nitrogens with zero attached hydrogens (tertiary/aromatic N) is 3. The summed E-state index contributed by atoms with van der Waals surface area (Å²) in [6.07, 6.45) is 6.28. The van der Waals surface area contributed by atoms with E-state index in [1.807, 2.05) is 31.2 Å². The summed E-state index contributed by atoms with van der Waals surface area (Å²) in [6.45, 7) is 4.16. The molecule has 2 fully saturated rings. The predicted molar refractivity (Wildman–Crippen MR) is 113 cm³/mol. The summed E-state index contributed by atoms with van der Waals surface area (Å²) >= 11 is 0. The Bertz CT molecular complexity index is 1110. The first-order valence-corrected chi connectivity index (χ1v) is 10.5. The Kier molecular flexibility index (Phi) is 4.94. The second kappa shape index (κ2) is 7.77. The molecule has 0 aliphatic carbocycles. The van der Waals surface area contributed by atoms with Crippen LogP contribution in [0.5, 0.6) is 0 Å². The first-order valence-electron chi connectivity index (χ1n) is 10.5. The predicted octanol–water partition coefficient (Wildman–Crippen LogP) is 2.58. The van der Waals surface area contributed by atoms with E-state index in [2.05, 4.69) is 15.3 Å². The maximum absolute atomic E-state index is 12.9. The van der Waals surface area contributed by atoms with E-state index in [0.29, 0.717) is 37.7 Å². The minimum atomic E-state index is -0.277. The Hall–Kier alpha value is -3.26. The van der Waals surface area contributed by atoms with Crippen LogP contribution < -0.4 is 5.32 Å². The lowest BCUT2D eigenvalue weighted by molar-refractivity contribution is -0.166. The van der Waals surface area contributed by atoms with Crippen molar-refractivity contribution in [3.63, 3.8) is 0 Å². The van der Waals surface area contributed by atoms with E-state index in [0.717, 1.165) is 29.4 Å². The number of hydrogen-bond acceptors (Lipinski definition) is 6. The van der Waals surface area contributed by atoms with Gasteiger partial charge >= 0.3 is 0 Å². The standard InChI is InChI=1S/C23H24N4O4/c1-15-17-4-2-3-5-19(17)31-20(15)22(29)27-13-23(14-27)7-6-16(12-30-23)10-26-21(28)18-11-24-8-9-25-18/h2-5,8-9,11,16H,6-7,10,12-14H2,1H3,(H,26,28). The van der Waals surface area contributed by atoms with Gasteiger partial charge in [-0.3, -0.25) is 14.6 Å². The van der Waals surface area contributed by atoms with Gasteiger partial charge < -0.3 is 19.4 Å². The third-order valence-corrected chi connectivity index (χ3v) is 6.26. The minimum absolute atomic E-state index is 0.0821. The van der Waals surface area contributed by atoms with Crippen molar-refractivity contribution in [1.29, 1.82) is 0 Å². The molecule has 0 radical (unpaired) electrons. The van der Waals surface area contributed by atoms with Crippen LogP contribution in [0.25, 0.3) is 11.0 Å². The Balaban J connectivity index is 1.13. The van der Waals surface area contributed by atoms with Crippen molar-refractivity contribution < 1.29 is 18.7 Å². The van der Waals surface area contributed by atoms with Crippen LogP contribution in [0.3, 0.4) is 0 Å². The number of ether oxygens (including phenoxy) is 1. The van der Waals surface area contributed by atoms with Gasteiger partial charge in [-0.25, -0.2) is 4.98 Å². The molecule has 2 aromatic heterocycles. The Morgan fingerprint density at radius 1 is 1.26 bits per heavy atom. The molecular formula is C23H24N4O4. The molecule has 160 valence electrons. The van der Waals surface area contributed by atoms with Crippen LogP contribution in [0, 0.1) is 12.8 Å². The van der Waals surface area contributed by atoms with Gasteiger partial charge in [0.1, 0.15) is 16.9 Å². The number of hydrogen-bond donors (Lipinski definition) is 1. The zero-order chi connectivity index (χ0) is 21.4. The largest absolute Gasteiger partial charge is 0.451 e. The summed E-state index contributed by atoms with van der Waals surface area (Å²) in [5.41, 5.74) is 1.65. The summed E-state index contributed by atoms with van der Waals surface area (Å²) in [4.78, 5) is 34.8. The lowest BCUT2D eigenvalue weighted by Crippen LogP contribution is -2.66. The first kappa shape index (κ1) is 19.7. The summed E-state index contributed by atoms with van der Waals surface area (Å²) < 4.78 is 12.0. The third kappa shape index (κ3) is 3.67. The van der Waals surface area contributed by atoms with Crippen LogP contribution in [-0.2, 0) is 4.74 Å². The van der Waals surface area contributed by atoms with Gasteiger partial charge in [-0.05, 0) is 31.7 Å². The average Bonchev–Trinajstić information content (AvgIpc) is 3.13. The SMILES string of the molecule is Cc1c(C(=O)N2CC3(CCC(CNC(=O)c4cnccn4)CO3)C2)oc2ccccc12. The van der Waals surface area contributed by atoms with E-state index in [1.165, 1.54) is 18.6 Å². The zero-order valence-corrected chi connectivity index (χ0v) is 17.3. The molecule has 2 aliphatic rings. The molecule has 1 N–H and O–H groups in total. The number of carbonyl (C=O) groups excluding carboxylic acids is 2. The number of rotatable bonds is 4. The van der Waals surface area contributed by atoms with Crippen molar-refractivity contribution in [2.75, 3.05) is 26.2 Å². The number of likely N-dealkylation sites (tertiary alicyclic amines) is 1. The smallest absolute Gasteiger partial charge is 0.290 e. The summed E-state index contributed by atoms with van der Waals surface area (Å²) in [7, 11) is 0. The topological polar surface area (TPSA) is 97.6 Å². The van der Waals surface area contributed by atoms with Crippen molar-refractivity contribution in [3.05, 3.63) is 59.9 Å². The maximum atomic E-state index is 12.9. The lowest BCUT2D eigenvalue weighted by atomic mass is 9.82. The summed E-state index contributed by atoms with van der Waals surface area (Å²) in [6, 6.07) is 7.69. The van der Waals surface area contributed by atoms with Crippen molar-refractivity contribution in [1.82, 2.24) is 20.2 Å². The van der Waals surface area contributed by atoms with Gasteiger partial charge in [0.15, 0.2) is 5.76 Å². The minimum Gasteiger partial charge on any atom is -0.451 e. The molecule has 1 unspecified atom stereocenters. The Labute approximate surface area is 179 Å². The number of carbonyl (C=O) groups is 2. The molecule has 8 heteroatoms. The number of aromatic nitrogens is 2. The molecule has 1 spiro atoms. The van der Waals surface area contributed by atoms with E-state index in [1.54, 1.807) is 4.90 Å². The number of aryl methyl sites for hydroxylation is 1. The zero-order valence-electron chi connectivity index (χ0n) is 17.3. The number of nitrogens with one attached hydrogen (secondary N) is 1. The highest BCUT2D eigenvalue weighted by Crippen LogP contribution is 2.37. The van der Waals surface area contributed by atoms with Crippen LogP contribution >= 0.6 is 0 Å². The van der Waals surface area contributed by atoms with Crippen molar-refractivity contribution in [2.45, 2.75) is 25.4 Å². The fourth-order valence-electron chi connectivity index (χ4n) is 4.39. The molecular weight excluding hydrogens is 396 g/mol. The second-order valence-corrected chi connectivity index (χ2v) is 8.41. The number of furan rings is 1. The van der Waals surface area contributed by atoms with E-state index in [9.17, 15) is 9.59 Å². The third-order valence-electron chi connectivity index (χ3n) is 6.26. The molecule has 3 aromatic rings. The maximum Gasteiger partial charge on any atom is 0.290 e. The van der Waals surface area contributed by atoms with E-state index < -0.39 is 0 Å². The summed E-state index contributed by atoms with van der Waals surface area (Å²) in [5.74, 6) is 0.348. The van der Waals surface area contributed by atoms with Gasteiger partial charge in [0, 0.05) is 29.9 Å². The van der Waals surface area contributed by atoms with Crippen LogP contribution in [0.2, 0.25) is 0 Å². The van der Waals surface area contributed by atoms with Gasteiger partial charge in [-0.15, -0.1) is 0 Å². The highest BCUT2D eigenvalue weighted by atomic mass is 16.5. The van der Waals surface area contributed by atoms with Crippen molar-refractivity contribution >= 4 is 22.8 Å². The second-order valence-electron chi connectivity index (χ2n) is 8.41. The fraction of sp³-hybridized carbons (Fsp3) is 0.391.